The Labute approximate surface area is 255 Å². The minimum Gasteiger partial charge on any atom is -0.494 e. The Balaban J connectivity index is 0. The van der Waals surface area contributed by atoms with Crippen LogP contribution in [0.25, 0.3) is 10.9 Å². The second kappa shape index (κ2) is 22.5. The third kappa shape index (κ3) is 11.7. The number of allylic oxidation sites excluding steroid dienone is 3. The van der Waals surface area contributed by atoms with Crippen LogP contribution in [0.4, 0.5) is 0 Å². The van der Waals surface area contributed by atoms with Crippen LogP contribution in [-0.2, 0) is 9.53 Å². The third-order valence-electron chi connectivity index (χ3n) is 5.59. The number of hydrogen-bond acceptors (Lipinski definition) is 9. The van der Waals surface area contributed by atoms with Gasteiger partial charge in [-0.2, -0.15) is 5.26 Å². The molecule has 0 aromatic carbocycles. The van der Waals surface area contributed by atoms with Gasteiger partial charge in [-0.05, 0) is 46.1 Å². The van der Waals surface area contributed by atoms with E-state index in [1.165, 1.54) is 37.1 Å². The number of aromatic nitrogens is 2. The second-order valence-electron chi connectivity index (χ2n) is 8.34. The van der Waals surface area contributed by atoms with Crippen molar-refractivity contribution in [2.45, 2.75) is 54.4 Å². The molecular formula is C32H44N6O5. The molecule has 1 aliphatic rings. The molecule has 3 heterocycles. The fourth-order valence-electron chi connectivity index (χ4n) is 3.48. The number of H-pyrrole nitrogens is 1. The minimum absolute atomic E-state index is 0.0443. The van der Waals surface area contributed by atoms with Crippen molar-refractivity contribution < 1.29 is 23.8 Å². The van der Waals surface area contributed by atoms with E-state index in [0.717, 1.165) is 0 Å². The number of nitrogens with zero attached hydrogens (tertiary/aromatic N) is 3. The Kier molecular flexibility index (Phi) is 20.9. The van der Waals surface area contributed by atoms with E-state index in [0.29, 0.717) is 41.5 Å². The highest BCUT2D eigenvalue weighted by molar-refractivity contribution is 6.45. The Bertz CT molecular complexity index is 1350. The van der Waals surface area contributed by atoms with Gasteiger partial charge in [0.15, 0.2) is 6.40 Å². The number of fused-ring (bicyclic) bond motifs is 1. The molecule has 2 aromatic heterocycles. The van der Waals surface area contributed by atoms with E-state index in [-0.39, 0.29) is 30.1 Å². The summed E-state index contributed by atoms with van der Waals surface area (Å²) in [6.45, 7) is 15.9. The normalized spacial score (nSPS) is 10.9. The van der Waals surface area contributed by atoms with Gasteiger partial charge in [0.25, 0.3) is 11.7 Å². The molecule has 1 amide bonds. The van der Waals surface area contributed by atoms with Gasteiger partial charge in [0.2, 0.25) is 11.8 Å². The van der Waals surface area contributed by atoms with E-state index < -0.39 is 17.6 Å². The van der Waals surface area contributed by atoms with E-state index in [1.807, 2.05) is 33.8 Å². The number of likely N-dealkylation sites (tertiary alicyclic amines) is 1. The Morgan fingerprint density at radius 3 is 2.12 bits per heavy atom. The minimum atomic E-state index is -0.703. The average Bonchev–Trinajstić information content (AvgIpc) is 3.49. The second-order valence-corrected chi connectivity index (χ2v) is 8.34. The number of piperidine rings is 1. The molecule has 1 fully saturated rings. The number of ether oxygens (including phenoxy) is 3. The molecule has 11 nitrogen and oxygen atoms in total. The van der Waals surface area contributed by atoms with Gasteiger partial charge < -0.3 is 24.1 Å². The van der Waals surface area contributed by atoms with E-state index in [4.69, 9.17) is 20.3 Å². The molecule has 0 radical (unpaired) electrons. The zero-order valence-corrected chi connectivity index (χ0v) is 26.5. The van der Waals surface area contributed by atoms with Crippen LogP contribution in [0.1, 0.15) is 64.7 Å². The molecule has 2 aromatic rings. The number of nitrogens with one attached hydrogen (secondary N) is 3. The first-order valence-electron chi connectivity index (χ1n) is 13.4. The fourth-order valence-corrected chi connectivity index (χ4v) is 3.48. The largest absolute Gasteiger partial charge is 0.494 e. The number of terminal acetylenes is 1. The molecule has 0 atom stereocenters. The predicted octanol–water partition coefficient (Wildman–Crippen LogP) is 6.25. The van der Waals surface area contributed by atoms with E-state index in [9.17, 15) is 14.9 Å². The summed E-state index contributed by atoms with van der Waals surface area (Å²) >= 11 is 0. The van der Waals surface area contributed by atoms with Gasteiger partial charge in [0.05, 0.1) is 31.4 Å². The highest BCUT2D eigenvalue weighted by Gasteiger charge is 2.30. The first kappa shape index (κ1) is 40.0. The molecule has 0 bridgehead atoms. The van der Waals surface area contributed by atoms with Gasteiger partial charge in [-0.3, -0.25) is 20.4 Å². The molecule has 0 saturated carbocycles. The van der Waals surface area contributed by atoms with Crippen LogP contribution in [0.3, 0.4) is 0 Å². The zero-order chi connectivity index (χ0) is 33.5. The third-order valence-corrected chi connectivity index (χ3v) is 5.59. The zero-order valence-electron chi connectivity index (χ0n) is 26.5. The fraction of sp³-hybridized carbons (Fsp3) is 0.375. The van der Waals surface area contributed by atoms with Gasteiger partial charge in [0, 0.05) is 19.3 Å². The van der Waals surface area contributed by atoms with Crippen molar-refractivity contribution in [1.82, 2.24) is 14.9 Å². The summed E-state index contributed by atoms with van der Waals surface area (Å²) in [6.07, 6.45) is 15.9. The van der Waals surface area contributed by atoms with E-state index >= 15 is 0 Å². The highest BCUT2D eigenvalue weighted by atomic mass is 16.5. The van der Waals surface area contributed by atoms with Gasteiger partial charge in [-0.25, -0.2) is 4.98 Å². The lowest BCUT2D eigenvalue weighted by Gasteiger charge is -2.28. The summed E-state index contributed by atoms with van der Waals surface area (Å²) in [5.74, 6) is -1.18. The Morgan fingerprint density at radius 1 is 1.16 bits per heavy atom. The monoisotopic (exact) mass is 592 g/mol. The molecule has 1 saturated heterocycles. The van der Waals surface area contributed by atoms with Crippen LogP contribution < -0.4 is 9.47 Å². The first-order valence-corrected chi connectivity index (χ1v) is 13.4. The smallest absolute Gasteiger partial charge is 0.295 e. The number of carbonyl (C=O) groups excluding carboxylic acids is 2. The summed E-state index contributed by atoms with van der Waals surface area (Å²) in [5, 5.41) is 24.3. The number of carbonyl (C=O) groups is 2. The quantitative estimate of drug-likeness (QED) is 0.0678. The number of methoxy groups -OCH3 is 2. The topological polar surface area (TPSA) is 165 Å². The molecule has 11 heteroatoms. The number of nitriles is 1. The Hall–Kier alpha value is -5.16. The molecule has 0 spiro atoms. The van der Waals surface area contributed by atoms with E-state index in [1.54, 1.807) is 6.08 Å². The van der Waals surface area contributed by atoms with Crippen LogP contribution in [-0.4, -0.2) is 66.2 Å². The summed E-state index contributed by atoms with van der Waals surface area (Å²) < 4.78 is 15.2. The molecule has 1 aliphatic heterocycles. The molecule has 3 rings (SSSR count). The maximum atomic E-state index is 13.0. The average molecular weight is 593 g/mol. The highest BCUT2D eigenvalue weighted by Crippen LogP contribution is 2.33. The van der Waals surface area contributed by atoms with Gasteiger partial charge in [-0.1, -0.05) is 31.6 Å². The lowest BCUT2D eigenvalue weighted by molar-refractivity contribution is -0.126. The van der Waals surface area contributed by atoms with Gasteiger partial charge in [-0.15, -0.1) is 19.4 Å². The van der Waals surface area contributed by atoms with Gasteiger partial charge in [0.1, 0.15) is 22.9 Å². The number of Topliss-reactive ketones (excluding diaryl/α,β-unsaturated/α-hetero) is 1. The number of ketones is 1. The van der Waals surface area contributed by atoms with Crippen molar-refractivity contribution in [3.8, 4) is 30.5 Å². The lowest BCUT2D eigenvalue weighted by atomic mass is 9.97. The van der Waals surface area contributed by atoms with Crippen LogP contribution in [0.2, 0.25) is 0 Å². The van der Waals surface area contributed by atoms with Crippen LogP contribution in [0.5, 0.6) is 11.6 Å². The number of hydrogen-bond donors (Lipinski definition) is 3. The van der Waals surface area contributed by atoms with Crippen molar-refractivity contribution in [3.63, 3.8) is 0 Å². The standard InChI is InChI=1S/C20H20N6O5.C5H10.C3H6.C2H6.C2H2/c1-29-14-9-25-19(30-2)16-15(14)13(8-24-16)17(27)20(28)26-5-3-11(4-6-26)12(7-21)18(23)31-10-22;1-4-5(2)3;1-3-2;2*1-2/h8-10,22-24H,3-6H2,1-2H3;4H,1-3H3;3H,1H2,2H3;1-2H3;1-2H. The van der Waals surface area contributed by atoms with Crippen molar-refractivity contribution in [2.75, 3.05) is 27.3 Å². The predicted molar refractivity (Wildman–Crippen MR) is 172 cm³/mol. The number of aromatic amines is 1. The molecule has 43 heavy (non-hydrogen) atoms. The summed E-state index contributed by atoms with van der Waals surface area (Å²) in [7, 11) is 2.89. The first-order chi connectivity index (χ1) is 20.6. The molecule has 0 unspecified atom stereocenters. The number of rotatable bonds is 6. The van der Waals surface area contributed by atoms with Crippen molar-refractivity contribution in [3.05, 3.63) is 53.4 Å². The Morgan fingerprint density at radius 2 is 1.70 bits per heavy atom. The SMILES string of the molecule is C#C.C=CC.CC.CC=C(C)C.COc1ncc(OC)c2c(C(=O)C(=O)N3CCC(=C(C#N)C(=N)OC=N)CC3)c[nH]c12. The molecular weight excluding hydrogens is 548 g/mol. The maximum Gasteiger partial charge on any atom is 0.295 e. The van der Waals surface area contributed by atoms with Crippen LogP contribution in [0, 0.1) is 35.0 Å². The summed E-state index contributed by atoms with van der Waals surface area (Å²) in [4.78, 5) is 34.3. The number of pyridine rings is 1. The lowest BCUT2D eigenvalue weighted by Crippen LogP contribution is -2.41. The summed E-state index contributed by atoms with van der Waals surface area (Å²) in [6, 6.07) is 1.91. The van der Waals surface area contributed by atoms with E-state index in [2.05, 4.69) is 54.1 Å². The van der Waals surface area contributed by atoms with Crippen LogP contribution in [0.15, 0.2) is 47.8 Å². The molecule has 3 N–H and O–H groups in total. The van der Waals surface area contributed by atoms with Gasteiger partial charge >= 0.3 is 0 Å². The van der Waals surface area contributed by atoms with Crippen LogP contribution >= 0.6 is 0 Å². The maximum absolute atomic E-state index is 13.0. The summed E-state index contributed by atoms with van der Waals surface area (Å²) in [5.41, 5.74) is 2.67. The molecule has 0 aliphatic carbocycles. The van der Waals surface area contributed by atoms with Crippen molar-refractivity contribution in [2.24, 2.45) is 0 Å². The number of amides is 1. The molecule has 232 valence electrons. The van der Waals surface area contributed by atoms with Crippen molar-refractivity contribution >= 4 is 34.9 Å². The van der Waals surface area contributed by atoms with Crippen molar-refractivity contribution in [1.29, 1.82) is 16.1 Å².